The highest BCUT2D eigenvalue weighted by atomic mass is 79.9. The van der Waals surface area contributed by atoms with Gasteiger partial charge in [0.2, 0.25) is 11.6 Å². The first kappa shape index (κ1) is 10.1. The minimum atomic E-state index is -0.359. The van der Waals surface area contributed by atoms with E-state index in [9.17, 15) is 9.59 Å². The van der Waals surface area contributed by atoms with Crippen molar-refractivity contribution in [3.8, 4) is 0 Å². The summed E-state index contributed by atoms with van der Waals surface area (Å²) in [6.45, 7) is 2.48. The van der Waals surface area contributed by atoms with Crippen molar-refractivity contribution < 1.29 is 14.3 Å². The molecule has 76 valence electrons. The van der Waals surface area contributed by atoms with Crippen LogP contribution in [0.15, 0.2) is 10.6 Å². The van der Waals surface area contributed by atoms with E-state index in [1.807, 2.05) is 13.0 Å². The van der Waals surface area contributed by atoms with Crippen LogP contribution in [0.4, 0.5) is 0 Å². The Labute approximate surface area is 90.6 Å². The highest BCUT2D eigenvalue weighted by molar-refractivity contribution is 9.11. The Morgan fingerprint density at radius 3 is 2.86 bits per heavy atom. The van der Waals surface area contributed by atoms with Crippen LogP contribution in [0.3, 0.4) is 0 Å². The van der Waals surface area contributed by atoms with Crippen LogP contribution in [0.5, 0.6) is 0 Å². The number of fused-ring (bicyclic) bond motifs is 2. The number of halogens is 1. The van der Waals surface area contributed by atoms with E-state index in [0.717, 1.165) is 4.48 Å². The van der Waals surface area contributed by atoms with Crippen molar-refractivity contribution in [3.63, 3.8) is 0 Å². The molecule has 0 aliphatic heterocycles. The fourth-order valence-electron chi connectivity index (χ4n) is 2.09. The molecule has 0 spiro atoms. The van der Waals surface area contributed by atoms with Crippen LogP contribution in [-0.4, -0.2) is 24.3 Å². The quantitative estimate of drug-likeness (QED) is 0.705. The van der Waals surface area contributed by atoms with Gasteiger partial charge in [-0.2, -0.15) is 0 Å². The predicted octanol–water partition coefficient (Wildman–Crippen LogP) is 1.46. The molecular formula is C10H11BrO3. The van der Waals surface area contributed by atoms with E-state index < -0.39 is 0 Å². The van der Waals surface area contributed by atoms with Gasteiger partial charge in [-0.3, -0.25) is 9.59 Å². The van der Waals surface area contributed by atoms with Crippen LogP contribution in [0, 0.1) is 11.8 Å². The number of hydrogen-bond donors (Lipinski definition) is 0. The summed E-state index contributed by atoms with van der Waals surface area (Å²) in [6.07, 6.45) is 2.36. The van der Waals surface area contributed by atoms with Crippen molar-refractivity contribution in [1.29, 1.82) is 0 Å². The monoisotopic (exact) mass is 258 g/mol. The third kappa shape index (κ3) is 1.37. The van der Waals surface area contributed by atoms with E-state index in [-0.39, 0.29) is 29.5 Å². The van der Waals surface area contributed by atoms with Crippen molar-refractivity contribution in [2.75, 3.05) is 6.61 Å². The first-order valence-electron chi connectivity index (χ1n) is 4.72. The highest BCUT2D eigenvalue weighted by Crippen LogP contribution is 2.40. The molecule has 3 aliphatic carbocycles. The molecule has 3 nitrogen and oxygen atoms in total. The van der Waals surface area contributed by atoms with Crippen LogP contribution < -0.4 is 0 Å². The minimum Gasteiger partial charge on any atom is -0.377 e. The molecule has 0 unspecified atom stereocenters. The average Bonchev–Trinajstić information content (AvgIpc) is 2.16. The molecule has 1 fully saturated rings. The zero-order chi connectivity index (χ0) is 10.3. The maximum absolute atomic E-state index is 11.5. The van der Waals surface area contributed by atoms with Gasteiger partial charge in [0.1, 0.15) is 0 Å². The Balaban J connectivity index is 2.28. The number of hydrogen-bond acceptors (Lipinski definition) is 3. The predicted molar refractivity (Wildman–Crippen MR) is 54.0 cm³/mol. The molecule has 14 heavy (non-hydrogen) atoms. The topological polar surface area (TPSA) is 43.4 Å². The zero-order valence-corrected chi connectivity index (χ0v) is 9.41. The molecule has 1 saturated carbocycles. The van der Waals surface area contributed by atoms with E-state index in [1.54, 1.807) is 0 Å². The summed E-state index contributed by atoms with van der Waals surface area (Å²) >= 11 is 3.32. The number of Topliss-reactive ketones (excluding diaryl/α,β-unsaturated/α-hetero) is 2. The molecule has 0 N–H and O–H groups in total. The summed E-state index contributed by atoms with van der Waals surface area (Å²) in [5.41, 5.74) is 0. The summed E-state index contributed by atoms with van der Waals surface area (Å²) in [7, 11) is 0. The van der Waals surface area contributed by atoms with Gasteiger partial charge in [0.15, 0.2) is 0 Å². The lowest BCUT2D eigenvalue weighted by atomic mass is 9.72. The van der Waals surface area contributed by atoms with Gasteiger partial charge >= 0.3 is 0 Å². The third-order valence-corrected chi connectivity index (χ3v) is 3.60. The Kier molecular flexibility index (Phi) is 2.58. The van der Waals surface area contributed by atoms with Crippen molar-refractivity contribution in [2.24, 2.45) is 11.8 Å². The normalized spacial score (nSPS) is 36.1. The fraction of sp³-hybridized carbons (Fsp3) is 0.600. The molecule has 0 radical (unpaired) electrons. The van der Waals surface area contributed by atoms with Crippen LogP contribution in [0.1, 0.15) is 13.3 Å². The van der Waals surface area contributed by atoms with Gasteiger partial charge in [-0.15, -0.1) is 0 Å². The van der Waals surface area contributed by atoms with Crippen LogP contribution in [-0.2, 0) is 14.3 Å². The van der Waals surface area contributed by atoms with E-state index in [1.165, 1.54) is 0 Å². The third-order valence-electron chi connectivity index (χ3n) is 2.78. The van der Waals surface area contributed by atoms with Crippen molar-refractivity contribution in [2.45, 2.75) is 19.4 Å². The van der Waals surface area contributed by atoms with Gasteiger partial charge in [0, 0.05) is 11.1 Å². The molecule has 0 aromatic rings. The Hall–Kier alpha value is -0.480. The highest BCUT2D eigenvalue weighted by Gasteiger charge is 2.47. The summed E-state index contributed by atoms with van der Waals surface area (Å²) < 4.78 is 6.30. The molecule has 2 bridgehead atoms. The van der Waals surface area contributed by atoms with E-state index in [0.29, 0.717) is 13.0 Å². The molecule has 4 heteroatoms. The molecule has 0 aromatic carbocycles. The van der Waals surface area contributed by atoms with E-state index in [4.69, 9.17) is 4.74 Å². The van der Waals surface area contributed by atoms with Crippen molar-refractivity contribution >= 4 is 27.5 Å². The van der Waals surface area contributed by atoms with Crippen LogP contribution in [0.25, 0.3) is 0 Å². The SMILES string of the molecule is CCO[C@H]1C[C@@H]2C(=O)C(=O)[C@@H]1C=C2Br. The number of carbonyl (C=O) groups excluding carboxylic acids is 2. The van der Waals surface area contributed by atoms with Crippen molar-refractivity contribution in [1.82, 2.24) is 0 Å². The standard InChI is InChI=1S/C10H11BrO3/c1-2-14-8-4-5-7(11)3-6(8)10(13)9(5)12/h3,5-6,8H,2,4H2,1H3/t5-,6+,8-/m0/s1. The van der Waals surface area contributed by atoms with Gasteiger partial charge in [0.25, 0.3) is 0 Å². The lowest BCUT2D eigenvalue weighted by molar-refractivity contribution is -0.148. The number of ketones is 2. The number of rotatable bonds is 2. The Morgan fingerprint density at radius 1 is 1.50 bits per heavy atom. The smallest absolute Gasteiger partial charge is 0.208 e. The molecule has 0 heterocycles. The first-order valence-corrected chi connectivity index (χ1v) is 5.51. The average molecular weight is 259 g/mol. The second-order valence-electron chi connectivity index (χ2n) is 3.59. The van der Waals surface area contributed by atoms with Gasteiger partial charge in [-0.25, -0.2) is 0 Å². The fourth-order valence-corrected chi connectivity index (χ4v) is 2.76. The van der Waals surface area contributed by atoms with Crippen molar-refractivity contribution in [3.05, 3.63) is 10.6 Å². The Bertz CT molecular complexity index is 321. The zero-order valence-electron chi connectivity index (χ0n) is 7.83. The maximum Gasteiger partial charge on any atom is 0.208 e. The van der Waals surface area contributed by atoms with Gasteiger partial charge < -0.3 is 4.74 Å². The van der Waals surface area contributed by atoms with Gasteiger partial charge in [-0.1, -0.05) is 22.0 Å². The minimum absolute atomic E-state index is 0.100. The number of ether oxygens (including phenoxy) is 1. The molecule has 0 aromatic heterocycles. The lowest BCUT2D eigenvalue weighted by Crippen LogP contribution is -2.48. The van der Waals surface area contributed by atoms with Crippen LogP contribution >= 0.6 is 15.9 Å². The maximum atomic E-state index is 11.5. The molecule has 3 atom stereocenters. The van der Waals surface area contributed by atoms with Crippen LogP contribution in [0.2, 0.25) is 0 Å². The Morgan fingerprint density at radius 2 is 2.21 bits per heavy atom. The first-order chi connectivity index (χ1) is 6.65. The van der Waals surface area contributed by atoms with E-state index >= 15 is 0 Å². The van der Waals surface area contributed by atoms with E-state index in [2.05, 4.69) is 15.9 Å². The molecule has 3 aliphatic rings. The second-order valence-corrected chi connectivity index (χ2v) is 4.50. The second kappa shape index (κ2) is 3.59. The summed E-state index contributed by atoms with van der Waals surface area (Å²) in [5, 5.41) is 0. The number of carbonyl (C=O) groups is 2. The summed E-state index contributed by atoms with van der Waals surface area (Å²) in [4.78, 5) is 23.0. The molecule has 0 amide bonds. The molecular weight excluding hydrogens is 248 g/mol. The van der Waals surface area contributed by atoms with Gasteiger partial charge in [0.05, 0.1) is 17.9 Å². The largest absolute Gasteiger partial charge is 0.377 e. The molecule has 3 rings (SSSR count). The number of allylic oxidation sites excluding steroid dienone is 1. The van der Waals surface area contributed by atoms with Gasteiger partial charge in [-0.05, 0) is 13.3 Å². The summed E-state index contributed by atoms with van der Waals surface area (Å²) in [6, 6.07) is 0. The lowest BCUT2D eigenvalue weighted by Gasteiger charge is -2.37. The molecule has 0 saturated heterocycles. The summed E-state index contributed by atoms with van der Waals surface area (Å²) in [5.74, 6) is -1.20.